The summed E-state index contributed by atoms with van der Waals surface area (Å²) in [5.41, 5.74) is 5.79. The third-order valence-corrected chi connectivity index (χ3v) is 2.40. The molecule has 0 aromatic heterocycles. The van der Waals surface area contributed by atoms with Crippen LogP contribution in [0.3, 0.4) is 0 Å². The van der Waals surface area contributed by atoms with E-state index in [0.29, 0.717) is 38.4 Å². The van der Waals surface area contributed by atoms with Gasteiger partial charge in [0.25, 0.3) is 0 Å². The average molecular weight is 215 g/mol. The van der Waals surface area contributed by atoms with Crippen LogP contribution >= 0.6 is 0 Å². The molecule has 0 unspecified atom stereocenters. The Bertz CT molecular complexity index is 205. The van der Waals surface area contributed by atoms with E-state index in [9.17, 15) is 0 Å². The van der Waals surface area contributed by atoms with Crippen molar-refractivity contribution in [3.8, 4) is 0 Å². The zero-order valence-electron chi connectivity index (χ0n) is 9.61. The summed E-state index contributed by atoms with van der Waals surface area (Å²) in [5.74, 6) is 0.618. The van der Waals surface area contributed by atoms with Gasteiger partial charge in [0.05, 0.1) is 26.4 Å². The van der Waals surface area contributed by atoms with E-state index >= 15 is 0 Å². The van der Waals surface area contributed by atoms with Crippen LogP contribution < -0.4 is 5.73 Å². The van der Waals surface area contributed by atoms with Crippen molar-refractivity contribution in [3.63, 3.8) is 0 Å². The molecule has 0 aliphatic heterocycles. The maximum Gasteiger partial charge on any atom is 0.191 e. The number of aliphatic imine (C=N–C) groups is 1. The fourth-order valence-electron chi connectivity index (χ4n) is 1.23. The molecular weight excluding hydrogens is 194 g/mol. The van der Waals surface area contributed by atoms with E-state index < -0.39 is 0 Å². The molecule has 5 heteroatoms. The van der Waals surface area contributed by atoms with Gasteiger partial charge in [0.2, 0.25) is 0 Å². The molecule has 0 amide bonds. The molecule has 88 valence electrons. The zero-order chi connectivity index (χ0) is 11.1. The van der Waals surface area contributed by atoms with Gasteiger partial charge in [-0.1, -0.05) is 0 Å². The summed E-state index contributed by atoms with van der Waals surface area (Å²) in [7, 11) is 3.65. The van der Waals surface area contributed by atoms with Crippen LogP contribution in [0, 0.1) is 0 Å². The van der Waals surface area contributed by atoms with Gasteiger partial charge in [-0.2, -0.15) is 0 Å². The highest BCUT2D eigenvalue weighted by molar-refractivity contribution is 5.78. The summed E-state index contributed by atoms with van der Waals surface area (Å²) in [6.45, 7) is 2.46. The van der Waals surface area contributed by atoms with E-state index in [1.54, 1.807) is 7.11 Å². The van der Waals surface area contributed by atoms with Gasteiger partial charge >= 0.3 is 0 Å². The molecule has 0 heterocycles. The first-order chi connectivity index (χ1) is 7.25. The molecule has 0 radical (unpaired) electrons. The van der Waals surface area contributed by atoms with Gasteiger partial charge in [-0.25, -0.2) is 0 Å². The molecule has 0 bridgehead atoms. The lowest BCUT2D eigenvalue weighted by atomic mass is 10.6. The molecule has 1 saturated carbocycles. The maximum atomic E-state index is 5.79. The van der Waals surface area contributed by atoms with Crippen LogP contribution in [0.25, 0.3) is 0 Å². The van der Waals surface area contributed by atoms with Gasteiger partial charge in [-0.05, 0) is 12.8 Å². The van der Waals surface area contributed by atoms with Gasteiger partial charge in [0.15, 0.2) is 5.96 Å². The summed E-state index contributed by atoms with van der Waals surface area (Å²) in [4.78, 5) is 6.27. The lowest BCUT2D eigenvalue weighted by molar-refractivity contribution is 0.0748. The first-order valence-corrected chi connectivity index (χ1v) is 5.35. The second kappa shape index (κ2) is 6.63. The number of nitrogens with two attached hydrogens (primary N) is 1. The Morgan fingerprint density at radius 1 is 1.40 bits per heavy atom. The van der Waals surface area contributed by atoms with Crippen LogP contribution in [0.5, 0.6) is 0 Å². The van der Waals surface area contributed by atoms with Crippen molar-refractivity contribution in [2.75, 3.05) is 40.5 Å². The van der Waals surface area contributed by atoms with Crippen LogP contribution in [0.15, 0.2) is 4.99 Å². The Morgan fingerprint density at radius 3 is 2.73 bits per heavy atom. The number of hydrogen-bond donors (Lipinski definition) is 1. The van der Waals surface area contributed by atoms with Crippen LogP contribution in [0.4, 0.5) is 0 Å². The van der Waals surface area contributed by atoms with E-state index in [0.717, 1.165) is 0 Å². The minimum atomic E-state index is 0.600. The maximum absolute atomic E-state index is 5.79. The smallest absolute Gasteiger partial charge is 0.191 e. The highest BCUT2D eigenvalue weighted by Crippen LogP contribution is 2.24. The lowest BCUT2D eigenvalue weighted by Gasteiger charge is -2.16. The van der Waals surface area contributed by atoms with Crippen LogP contribution in [0.1, 0.15) is 12.8 Å². The number of ether oxygens (including phenoxy) is 2. The minimum absolute atomic E-state index is 0.600. The Hall–Kier alpha value is -0.810. The van der Waals surface area contributed by atoms with Crippen molar-refractivity contribution in [2.24, 2.45) is 10.7 Å². The molecule has 1 rings (SSSR count). The third-order valence-electron chi connectivity index (χ3n) is 2.40. The van der Waals surface area contributed by atoms with Gasteiger partial charge < -0.3 is 20.1 Å². The molecule has 0 saturated heterocycles. The van der Waals surface area contributed by atoms with Crippen molar-refractivity contribution >= 4 is 5.96 Å². The van der Waals surface area contributed by atoms with E-state index in [1.807, 2.05) is 11.9 Å². The molecule has 0 aromatic carbocycles. The fourth-order valence-corrected chi connectivity index (χ4v) is 1.23. The summed E-state index contributed by atoms with van der Waals surface area (Å²) < 4.78 is 10.1. The molecule has 0 spiro atoms. The Balaban J connectivity index is 2.03. The lowest BCUT2D eigenvalue weighted by Crippen LogP contribution is -2.36. The van der Waals surface area contributed by atoms with Crippen molar-refractivity contribution in [3.05, 3.63) is 0 Å². The van der Waals surface area contributed by atoms with Crippen molar-refractivity contribution in [2.45, 2.75) is 18.9 Å². The highest BCUT2D eigenvalue weighted by atomic mass is 16.5. The van der Waals surface area contributed by atoms with Gasteiger partial charge in [-0.15, -0.1) is 0 Å². The predicted molar refractivity (Wildman–Crippen MR) is 60.0 cm³/mol. The van der Waals surface area contributed by atoms with Crippen molar-refractivity contribution in [1.29, 1.82) is 0 Å². The van der Waals surface area contributed by atoms with Crippen LogP contribution in [-0.2, 0) is 9.47 Å². The molecular formula is C10H21N3O2. The second-order valence-electron chi connectivity index (χ2n) is 3.69. The summed E-state index contributed by atoms with van der Waals surface area (Å²) in [6, 6.07) is 0.614. The van der Waals surface area contributed by atoms with Gasteiger partial charge in [0, 0.05) is 20.2 Å². The van der Waals surface area contributed by atoms with Crippen LogP contribution in [0.2, 0.25) is 0 Å². The van der Waals surface area contributed by atoms with E-state index in [-0.39, 0.29) is 0 Å². The Morgan fingerprint density at radius 2 is 2.13 bits per heavy atom. The second-order valence-corrected chi connectivity index (χ2v) is 3.69. The third kappa shape index (κ3) is 4.99. The number of hydrogen-bond acceptors (Lipinski definition) is 3. The SMILES string of the molecule is COCCOCCN=C(N)N(C)C1CC1. The molecule has 1 fully saturated rings. The first-order valence-electron chi connectivity index (χ1n) is 5.35. The van der Waals surface area contributed by atoms with Crippen LogP contribution in [-0.4, -0.2) is 57.4 Å². The molecule has 1 aliphatic carbocycles. The highest BCUT2D eigenvalue weighted by Gasteiger charge is 2.27. The van der Waals surface area contributed by atoms with Gasteiger partial charge in [-0.3, -0.25) is 4.99 Å². The standard InChI is InChI=1S/C10H21N3O2/c1-13(9-3-4-9)10(11)12-5-6-15-8-7-14-2/h9H,3-8H2,1-2H3,(H2,11,12). The summed E-state index contributed by atoms with van der Waals surface area (Å²) >= 11 is 0. The normalized spacial score (nSPS) is 16.8. The fraction of sp³-hybridized carbons (Fsp3) is 0.900. The molecule has 0 aromatic rings. The van der Waals surface area contributed by atoms with Crippen molar-refractivity contribution in [1.82, 2.24) is 4.90 Å². The first kappa shape index (κ1) is 12.3. The average Bonchev–Trinajstić information content (AvgIpc) is 3.05. The molecule has 0 atom stereocenters. The monoisotopic (exact) mass is 215 g/mol. The predicted octanol–water partition coefficient (Wildman–Crippen LogP) is 0.0583. The molecule has 1 aliphatic rings. The zero-order valence-corrected chi connectivity index (χ0v) is 9.61. The number of guanidine groups is 1. The van der Waals surface area contributed by atoms with Gasteiger partial charge in [0.1, 0.15) is 0 Å². The molecule has 5 nitrogen and oxygen atoms in total. The van der Waals surface area contributed by atoms with E-state index in [2.05, 4.69) is 4.99 Å². The summed E-state index contributed by atoms with van der Waals surface area (Å²) in [5, 5.41) is 0. The Kier molecular flexibility index (Phi) is 5.42. The van der Waals surface area contributed by atoms with Crippen molar-refractivity contribution < 1.29 is 9.47 Å². The Labute approximate surface area is 91.2 Å². The number of rotatable bonds is 7. The molecule has 15 heavy (non-hydrogen) atoms. The largest absolute Gasteiger partial charge is 0.382 e. The molecule has 2 N–H and O–H groups in total. The number of nitrogens with zero attached hydrogens (tertiary/aromatic N) is 2. The van der Waals surface area contributed by atoms with E-state index in [4.69, 9.17) is 15.2 Å². The topological polar surface area (TPSA) is 60.1 Å². The van der Waals surface area contributed by atoms with E-state index in [1.165, 1.54) is 12.8 Å². The quantitative estimate of drug-likeness (QED) is 0.370. The number of methoxy groups -OCH3 is 1. The minimum Gasteiger partial charge on any atom is -0.382 e. The summed E-state index contributed by atoms with van der Waals surface area (Å²) in [6.07, 6.45) is 2.47.